The van der Waals surface area contributed by atoms with E-state index in [4.69, 9.17) is 24.7 Å². The second kappa shape index (κ2) is 10.5. The minimum atomic E-state index is -1.47. The van der Waals surface area contributed by atoms with Crippen molar-refractivity contribution in [1.29, 1.82) is 0 Å². The van der Waals surface area contributed by atoms with Gasteiger partial charge in [0, 0.05) is 12.5 Å². The number of aliphatic hydroxyl groups excluding tert-OH is 5. The van der Waals surface area contributed by atoms with Crippen LogP contribution >= 0.6 is 0 Å². The molecule has 2 heterocycles. The van der Waals surface area contributed by atoms with E-state index >= 15 is 0 Å². The average molecular weight is 437 g/mol. The summed E-state index contributed by atoms with van der Waals surface area (Å²) in [6, 6.07) is 0. The maximum atomic E-state index is 10.6. The smallest absolute Gasteiger partial charge is 0.187 e. The summed E-state index contributed by atoms with van der Waals surface area (Å²) in [5.41, 5.74) is 3.98. The Morgan fingerprint density at radius 2 is 1.60 bits per heavy atom. The van der Waals surface area contributed by atoms with Crippen LogP contribution < -0.4 is 5.73 Å². The minimum absolute atomic E-state index is 0.210. The Morgan fingerprint density at radius 3 is 2.27 bits per heavy atom. The summed E-state index contributed by atoms with van der Waals surface area (Å²) < 4.78 is 22.3. The van der Waals surface area contributed by atoms with Crippen LogP contribution in [-0.4, -0.2) is 112 Å². The first-order chi connectivity index (χ1) is 14.4. The van der Waals surface area contributed by atoms with Gasteiger partial charge in [0.15, 0.2) is 12.6 Å². The number of hydrogen-bond acceptors (Lipinski definition) is 11. The molecule has 3 fully saturated rings. The van der Waals surface area contributed by atoms with Crippen molar-refractivity contribution in [2.75, 3.05) is 26.4 Å². The predicted octanol–water partition coefficient (Wildman–Crippen LogP) is -2.82. The number of fused-ring (bicyclic) bond motifs is 1. The summed E-state index contributed by atoms with van der Waals surface area (Å²) in [4.78, 5) is 0. The molecular formula is C19H35NO10. The topological polar surface area (TPSA) is 184 Å². The first kappa shape index (κ1) is 24.2. The summed E-state index contributed by atoms with van der Waals surface area (Å²) in [5, 5.41) is 60.8. The molecule has 11 nitrogen and oxygen atoms in total. The summed E-state index contributed by atoms with van der Waals surface area (Å²) in [6.07, 6.45) is -5.76. The van der Waals surface area contributed by atoms with E-state index in [9.17, 15) is 30.6 Å². The highest BCUT2D eigenvalue weighted by atomic mass is 16.7. The zero-order valence-electron chi connectivity index (χ0n) is 17.0. The molecule has 0 spiro atoms. The Balaban J connectivity index is 1.56. The third-order valence-corrected chi connectivity index (χ3v) is 6.19. The average Bonchev–Trinajstić information content (AvgIpc) is 3.45. The van der Waals surface area contributed by atoms with Gasteiger partial charge in [-0.3, -0.25) is 0 Å². The molecule has 11 heteroatoms. The molecule has 10 atom stereocenters. The zero-order chi connectivity index (χ0) is 21.9. The molecular weight excluding hydrogens is 402 g/mol. The predicted molar refractivity (Wildman–Crippen MR) is 101 cm³/mol. The van der Waals surface area contributed by atoms with Crippen LogP contribution in [0.3, 0.4) is 0 Å². The van der Waals surface area contributed by atoms with Crippen LogP contribution in [-0.2, 0) is 18.9 Å². The maximum absolute atomic E-state index is 10.6. The van der Waals surface area contributed by atoms with Gasteiger partial charge in [0.05, 0.1) is 19.3 Å². The molecule has 30 heavy (non-hydrogen) atoms. The van der Waals surface area contributed by atoms with E-state index in [1.807, 2.05) is 0 Å². The maximum Gasteiger partial charge on any atom is 0.187 e. The zero-order valence-corrected chi connectivity index (χ0v) is 17.0. The number of rotatable bonds is 11. The molecule has 3 rings (SSSR count). The molecule has 3 aliphatic rings. The van der Waals surface area contributed by atoms with E-state index in [0.29, 0.717) is 13.2 Å². The van der Waals surface area contributed by atoms with Crippen molar-refractivity contribution in [3.8, 4) is 0 Å². The third kappa shape index (κ3) is 4.97. The number of ether oxygens (including phenoxy) is 4. The number of unbranched alkanes of at least 4 members (excludes halogenated alkanes) is 3. The molecule has 2 aliphatic heterocycles. The monoisotopic (exact) mass is 437 g/mol. The van der Waals surface area contributed by atoms with Crippen LogP contribution in [0.4, 0.5) is 0 Å². The van der Waals surface area contributed by atoms with Crippen LogP contribution in [0.1, 0.15) is 32.1 Å². The van der Waals surface area contributed by atoms with Crippen molar-refractivity contribution in [1.82, 2.24) is 0 Å². The van der Waals surface area contributed by atoms with E-state index in [1.165, 1.54) is 0 Å². The molecule has 10 unspecified atom stereocenters. The largest absolute Gasteiger partial charge is 0.394 e. The standard InChI is InChI=1S/C19H35NO10/c20-5-3-1-2-4-6-27-17-15(25)14(24)16(12(9-22)28-17)30-18-19(26)7-10(19)13(23)11(8-21)29-18/h10-18,21-26H,1-9,20H2. The summed E-state index contributed by atoms with van der Waals surface area (Å²) in [5.74, 6) is -0.525. The third-order valence-electron chi connectivity index (χ3n) is 6.19. The van der Waals surface area contributed by atoms with E-state index in [-0.39, 0.29) is 6.42 Å². The Labute approximate surface area is 175 Å². The first-order valence-corrected chi connectivity index (χ1v) is 10.6. The van der Waals surface area contributed by atoms with Gasteiger partial charge in [0.25, 0.3) is 0 Å². The van der Waals surface area contributed by atoms with Crippen molar-refractivity contribution in [2.45, 2.75) is 86.9 Å². The number of nitrogens with two attached hydrogens (primary N) is 1. The molecule has 0 aromatic carbocycles. The van der Waals surface area contributed by atoms with E-state index in [1.54, 1.807) is 0 Å². The number of aliphatic hydroxyl groups is 6. The van der Waals surface area contributed by atoms with Crippen LogP contribution in [0.2, 0.25) is 0 Å². The summed E-state index contributed by atoms with van der Waals surface area (Å²) in [6.45, 7) is -0.0440. The molecule has 0 bridgehead atoms. The number of hydrogen-bond donors (Lipinski definition) is 7. The lowest BCUT2D eigenvalue weighted by Gasteiger charge is -2.45. The molecule has 1 saturated carbocycles. The van der Waals surface area contributed by atoms with Crippen LogP contribution in [0.15, 0.2) is 0 Å². The summed E-state index contributed by atoms with van der Waals surface area (Å²) in [7, 11) is 0. The highest BCUT2D eigenvalue weighted by Gasteiger charge is 2.68. The normalized spacial score (nSPS) is 45.9. The highest BCUT2D eigenvalue weighted by Crippen LogP contribution is 2.54. The van der Waals surface area contributed by atoms with Gasteiger partial charge in [0.2, 0.25) is 0 Å². The van der Waals surface area contributed by atoms with Gasteiger partial charge in [-0.15, -0.1) is 0 Å². The van der Waals surface area contributed by atoms with Crippen LogP contribution in [0.25, 0.3) is 0 Å². The van der Waals surface area contributed by atoms with E-state index in [0.717, 1.165) is 25.7 Å². The lowest BCUT2D eigenvalue weighted by molar-refractivity contribution is -0.352. The molecule has 0 aromatic rings. The van der Waals surface area contributed by atoms with Gasteiger partial charge in [-0.1, -0.05) is 12.8 Å². The van der Waals surface area contributed by atoms with Crippen molar-refractivity contribution >= 4 is 0 Å². The fourth-order valence-electron chi connectivity index (χ4n) is 4.20. The molecule has 0 radical (unpaired) electrons. The van der Waals surface area contributed by atoms with Gasteiger partial charge in [-0.2, -0.15) is 0 Å². The van der Waals surface area contributed by atoms with Gasteiger partial charge in [-0.05, 0) is 25.8 Å². The fourth-order valence-corrected chi connectivity index (χ4v) is 4.20. The Kier molecular flexibility index (Phi) is 8.43. The summed E-state index contributed by atoms with van der Waals surface area (Å²) >= 11 is 0. The second-order valence-corrected chi connectivity index (χ2v) is 8.36. The van der Waals surface area contributed by atoms with Crippen molar-refractivity contribution in [3.63, 3.8) is 0 Å². The minimum Gasteiger partial charge on any atom is -0.394 e. The molecule has 0 amide bonds. The quantitative estimate of drug-likeness (QED) is 0.165. The van der Waals surface area contributed by atoms with Gasteiger partial charge >= 0.3 is 0 Å². The van der Waals surface area contributed by atoms with Crippen molar-refractivity contribution in [2.24, 2.45) is 11.7 Å². The van der Waals surface area contributed by atoms with E-state index < -0.39 is 73.9 Å². The Bertz CT molecular complexity index is 537. The lowest BCUT2D eigenvalue weighted by Crippen LogP contribution is -2.62. The Hall–Kier alpha value is -0.440. The molecule has 8 N–H and O–H groups in total. The van der Waals surface area contributed by atoms with E-state index in [2.05, 4.69) is 0 Å². The van der Waals surface area contributed by atoms with Crippen LogP contribution in [0, 0.1) is 5.92 Å². The molecule has 2 saturated heterocycles. The van der Waals surface area contributed by atoms with Gasteiger partial charge < -0.3 is 55.3 Å². The second-order valence-electron chi connectivity index (χ2n) is 8.36. The van der Waals surface area contributed by atoms with Gasteiger partial charge in [-0.25, -0.2) is 0 Å². The van der Waals surface area contributed by atoms with Gasteiger partial charge in [0.1, 0.15) is 36.1 Å². The lowest BCUT2D eigenvalue weighted by atomic mass is 9.98. The highest BCUT2D eigenvalue weighted by molar-refractivity contribution is 5.14. The molecule has 0 aromatic heterocycles. The van der Waals surface area contributed by atoms with Crippen LogP contribution in [0.5, 0.6) is 0 Å². The SMILES string of the molecule is NCCCCCCOC1OC(CO)C(OC2OC(CO)C(O)C3CC23O)C(O)C1O. The van der Waals surface area contributed by atoms with Crippen molar-refractivity contribution in [3.05, 3.63) is 0 Å². The fraction of sp³-hybridized carbons (Fsp3) is 1.00. The Morgan fingerprint density at radius 1 is 0.900 bits per heavy atom. The molecule has 1 aliphatic carbocycles. The van der Waals surface area contributed by atoms with Crippen molar-refractivity contribution < 1.29 is 49.6 Å². The molecule has 176 valence electrons. The first-order valence-electron chi connectivity index (χ1n) is 10.6.